The second kappa shape index (κ2) is 10.9. The molecule has 0 saturated heterocycles. The molecule has 178 valence electrons. The summed E-state index contributed by atoms with van der Waals surface area (Å²) in [6.07, 6.45) is 0.844. The summed E-state index contributed by atoms with van der Waals surface area (Å²) < 4.78 is 22.5. The normalized spacial score (nSPS) is 14.4. The van der Waals surface area contributed by atoms with Crippen molar-refractivity contribution in [2.24, 2.45) is 5.73 Å². The van der Waals surface area contributed by atoms with Gasteiger partial charge in [0.15, 0.2) is 6.61 Å². The molecule has 0 spiro atoms. The minimum atomic E-state index is -0.614. The molecule has 0 fully saturated rings. The molecule has 0 aromatic heterocycles. The number of para-hydroxylation sites is 2. The van der Waals surface area contributed by atoms with Gasteiger partial charge in [0.25, 0.3) is 0 Å². The summed E-state index contributed by atoms with van der Waals surface area (Å²) in [6, 6.07) is 21.5. The van der Waals surface area contributed by atoms with Crippen LogP contribution in [0.25, 0.3) is 0 Å². The van der Waals surface area contributed by atoms with Gasteiger partial charge < -0.3 is 24.7 Å². The summed E-state index contributed by atoms with van der Waals surface area (Å²) in [5.74, 6) is 0.560. The molecule has 0 radical (unpaired) electrons. The van der Waals surface area contributed by atoms with Crippen molar-refractivity contribution in [2.45, 2.75) is 19.3 Å². The molecule has 8 heteroatoms. The average molecular weight is 491 g/mol. The molecular formula is C27H23ClN2O5. The Kier molecular flexibility index (Phi) is 7.44. The number of hydrogen-bond donors (Lipinski definition) is 1. The van der Waals surface area contributed by atoms with Gasteiger partial charge in [0.05, 0.1) is 17.5 Å². The van der Waals surface area contributed by atoms with Crippen LogP contribution in [0.5, 0.6) is 23.0 Å². The summed E-state index contributed by atoms with van der Waals surface area (Å²) in [5, 5.41) is 10.2. The van der Waals surface area contributed by atoms with Gasteiger partial charge in [-0.15, -0.1) is 0 Å². The number of fused-ring (bicyclic) bond motifs is 1. The molecule has 7 nitrogen and oxygen atoms in total. The van der Waals surface area contributed by atoms with Gasteiger partial charge in [0.1, 0.15) is 34.6 Å². The van der Waals surface area contributed by atoms with E-state index in [2.05, 4.69) is 6.07 Å². The lowest BCUT2D eigenvalue weighted by Gasteiger charge is -2.28. The van der Waals surface area contributed by atoms with E-state index in [9.17, 15) is 10.1 Å². The van der Waals surface area contributed by atoms with Crippen molar-refractivity contribution < 1.29 is 23.7 Å². The predicted molar refractivity (Wildman–Crippen MR) is 131 cm³/mol. The van der Waals surface area contributed by atoms with Crippen LogP contribution in [0.15, 0.2) is 78.2 Å². The first-order valence-corrected chi connectivity index (χ1v) is 11.4. The van der Waals surface area contributed by atoms with Crippen molar-refractivity contribution >= 4 is 17.6 Å². The van der Waals surface area contributed by atoms with E-state index in [1.165, 1.54) is 0 Å². The number of benzene rings is 3. The number of rotatable bonds is 8. The van der Waals surface area contributed by atoms with Crippen LogP contribution in [0, 0.1) is 11.3 Å². The molecule has 2 N–H and O–H groups in total. The Labute approximate surface area is 208 Å². The second-order valence-electron chi connectivity index (χ2n) is 7.70. The van der Waals surface area contributed by atoms with Crippen LogP contribution in [-0.2, 0) is 4.79 Å². The van der Waals surface area contributed by atoms with Crippen LogP contribution in [0.1, 0.15) is 30.4 Å². The minimum Gasteiger partial charge on any atom is -0.493 e. The first-order valence-electron chi connectivity index (χ1n) is 11.0. The number of carbonyl (C=O) groups is 1. The fourth-order valence-corrected chi connectivity index (χ4v) is 3.93. The van der Waals surface area contributed by atoms with E-state index in [4.69, 9.17) is 36.3 Å². The number of nitriles is 1. The lowest BCUT2D eigenvalue weighted by atomic mass is 9.83. The zero-order valence-electron chi connectivity index (χ0n) is 19.0. The Morgan fingerprint density at radius 3 is 2.54 bits per heavy atom. The Balaban J connectivity index is 1.58. The summed E-state index contributed by atoms with van der Waals surface area (Å²) in [6.45, 7) is 2.24. The van der Waals surface area contributed by atoms with Crippen molar-refractivity contribution in [3.8, 4) is 29.1 Å². The maximum atomic E-state index is 12.3. The summed E-state index contributed by atoms with van der Waals surface area (Å²) >= 11 is 6.05. The van der Waals surface area contributed by atoms with Crippen molar-refractivity contribution in [1.29, 1.82) is 5.26 Å². The van der Waals surface area contributed by atoms with Crippen LogP contribution in [0.3, 0.4) is 0 Å². The largest absolute Gasteiger partial charge is 0.493 e. The van der Waals surface area contributed by atoms with Crippen molar-refractivity contribution in [1.82, 2.24) is 0 Å². The first kappa shape index (κ1) is 24.0. The highest BCUT2D eigenvalue weighted by Gasteiger charge is 2.33. The standard InChI is InChI=1S/C27H23ClN2O5/c1-2-13-32-22-9-5-3-7-18(22)26-19-12-11-17(14-24(19)35-27(30)20(26)15-29)34-25(31)16-33-23-10-6-4-8-21(23)28/h3-12,14,26H,2,13,16,30H2,1H3. The van der Waals surface area contributed by atoms with Crippen molar-refractivity contribution in [3.63, 3.8) is 0 Å². The van der Waals surface area contributed by atoms with Gasteiger partial charge in [0, 0.05) is 17.2 Å². The molecule has 0 saturated carbocycles. The summed E-state index contributed by atoms with van der Waals surface area (Å²) in [7, 11) is 0. The van der Waals surface area contributed by atoms with E-state index in [1.807, 2.05) is 31.2 Å². The predicted octanol–water partition coefficient (Wildman–Crippen LogP) is 5.33. The molecule has 1 atom stereocenters. The number of carbonyl (C=O) groups excluding carboxylic acids is 1. The number of esters is 1. The fourth-order valence-electron chi connectivity index (χ4n) is 3.74. The number of ether oxygens (including phenoxy) is 4. The van der Waals surface area contributed by atoms with E-state index < -0.39 is 11.9 Å². The topological polar surface area (TPSA) is 104 Å². The molecule has 3 aromatic rings. The first-order chi connectivity index (χ1) is 17.0. The van der Waals surface area contributed by atoms with Gasteiger partial charge in [-0.25, -0.2) is 4.79 Å². The Morgan fingerprint density at radius 1 is 1.06 bits per heavy atom. The second-order valence-corrected chi connectivity index (χ2v) is 8.11. The number of allylic oxidation sites excluding steroid dienone is 1. The van der Waals surface area contributed by atoms with Gasteiger partial charge >= 0.3 is 5.97 Å². The van der Waals surface area contributed by atoms with Crippen LogP contribution in [0.2, 0.25) is 5.02 Å². The Morgan fingerprint density at radius 2 is 1.80 bits per heavy atom. The molecule has 0 bridgehead atoms. The number of halogens is 1. The third-order valence-electron chi connectivity index (χ3n) is 5.30. The summed E-state index contributed by atoms with van der Waals surface area (Å²) in [4.78, 5) is 12.3. The molecule has 0 aliphatic carbocycles. The maximum absolute atomic E-state index is 12.3. The molecule has 0 amide bonds. The third-order valence-corrected chi connectivity index (χ3v) is 5.61. The van der Waals surface area contributed by atoms with E-state index in [1.54, 1.807) is 42.5 Å². The molecule has 1 aliphatic rings. The van der Waals surface area contributed by atoms with Gasteiger partial charge in [-0.1, -0.05) is 54.9 Å². The molecule has 35 heavy (non-hydrogen) atoms. The molecular weight excluding hydrogens is 468 g/mol. The number of hydrogen-bond acceptors (Lipinski definition) is 7. The van der Waals surface area contributed by atoms with Gasteiger partial charge in [-0.05, 0) is 30.7 Å². The highest BCUT2D eigenvalue weighted by Crippen LogP contribution is 2.45. The zero-order valence-corrected chi connectivity index (χ0v) is 19.7. The van der Waals surface area contributed by atoms with E-state index in [0.29, 0.717) is 34.4 Å². The molecule has 3 aromatic carbocycles. The molecule has 4 rings (SSSR count). The van der Waals surface area contributed by atoms with Gasteiger partial charge in [-0.3, -0.25) is 0 Å². The van der Waals surface area contributed by atoms with Crippen LogP contribution in [0.4, 0.5) is 0 Å². The fraction of sp³-hybridized carbons (Fsp3) is 0.185. The highest BCUT2D eigenvalue weighted by atomic mass is 35.5. The Bertz CT molecular complexity index is 1310. The Hall–Kier alpha value is -4.15. The summed E-state index contributed by atoms with van der Waals surface area (Å²) in [5.41, 5.74) is 7.89. The average Bonchev–Trinajstić information content (AvgIpc) is 2.86. The smallest absolute Gasteiger partial charge is 0.349 e. The van der Waals surface area contributed by atoms with Crippen LogP contribution in [-0.4, -0.2) is 19.2 Å². The minimum absolute atomic E-state index is 0.0131. The van der Waals surface area contributed by atoms with Gasteiger partial charge in [0.2, 0.25) is 5.88 Å². The van der Waals surface area contributed by atoms with Crippen molar-refractivity contribution in [2.75, 3.05) is 13.2 Å². The van der Waals surface area contributed by atoms with Crippen LogP contribution >= 0.6 is 11.6 Å². The SMILES string of the molecule is CCCOc1ccccc1C1C(C#N)=C(N)Oc2cc(OC(=O)COc3ccccc3Cl)ccc21. The quantitative estimate of drug-likeness (QED) is 0.336. The number of nitrogens with zero attached hydrogens (tertiary/aromatic N) is 1. The number of nitrogens with two attached hydrogens (primary N) is 1. The molecule has 1 heterocycles. The lowest BCUT2D eigenvalue weighted by Crippen LogP contribution is -2.22. The maximum Gasteiger partial charge on any atom is 0.349 e. The van der Waals surface area contributed by atoms with Crippen molar-refractivity contribution in [3.05, 3.63) is 94.3 Å². The van der Waals surface area contributed by atoms with E-state index >= 15 is 0 Å². The zero-order chi connectivity index (χ0) is 24.8. The monoisotopic (exact) mass is 490 g/mol. The molecule has 1 aliphatic heterocycles. The third kappa shape index (κ3) is 5.34. The van der Waals surface area contributed by atoms with E-state index in [0.717, 1.165) is 12.0 Å². The highest BCUT2D eigenvalue weighted by molar-refractivity contribution is 6.32. The van der Waals surface area contributed by atoms with E-state index in [-0.39, 0.29) is 23.8 Å². The lowest BCUT2D eigenvalue weighted by molar-refractivity contribution is -0.136. The van der Waals surface area contributed by atoms with Gasteiger partial charge in [-0.2, -0.15) is 5.26 Å². The molecule has 1 unspecified atom stereocenters. The van der Waals surface area contributed by atoms with Crippen LogP contribution < -0.4 is 24.7 Å².